The summed E-state index contributed by atoms with van der Waals surface area (Å²) in [4.78, 5) is 35.2. The fourth-order valence-corrected chi connectivity index (χ4v) is 8.53. The molecule has 450 valence electrons. The van der Waals surface area contributed by atoms with Crippen molar-refractivity contribution < 1.29 is 37.6 Å². The summed E-state index contributed by atoms with van der Waals surface area (Å²) in [7, 11) is -4.41. The molecule has 0 heterocycles. The normalized spacial score (nSPS) is 14.2. The Hall–Kier alpha value is -4.63. The van der Waals surface area contributed by atoms with Gasteiger partial charge in [0, 0.05) is 19.4 Å². The largest absolute Gasteiger partial charge is 0.472 e. The van der Waals surface area contributed by atoms with E-state index in [9.17, 15) is 19.0 Å². The number of rotatable bonds is 56. The zero-order valence-corrected chi connectivity index (χ0v) is 51.1. The number of phosphoric acid groups is 1. The maximum absolute atomic E-state index is 12.7. The maximum atomic E-state index is 12.7. The lowest BCUT2D eigenvalue weighted by atomic mass is 10.1. The van der Waals surface area contributed by atoms with Gasteiger partial charge < -0.3 is 20.1 Å². The summed E-state index contributed by atoms with van der Waals surface area (Å²) in [5.41, 5.74) is 5.38. The second-order valence-electron chi connectivity index (χ2n) is 19.8. The number of unbranched alkanes of at least 4 members (excludes halogenated alkanes) is 15. The van der Waals surface area contributed by atoms with Crippen LogP contribution >= 0.6 is 7.82 Å². The topological polar surface area (TPSA) is 134 Å². The Kier molecular flexibility index (Phi) is 59.9. The van der Waals surface area contributed by atoms with Crippen LogP contribution in [0.5, 0.6) is 0 Å². The summed E-state index contributed by atoms with van der Waals surface area (Å²) >= 11 is 0. The predicted molar refractivity (Wildman–Crippen MR) is 343 cm³/mol. The Balaban J connectivity index is 4.07. The molecule has 9 nitrogen and oxygen atoms in total. The number of ether oxygens (including phenoxy) is 2. The van der Waals surface area contributed by atoms with E-state index in [0.717, 1.165) is 135 Å². The Bertz CT molecular complexity index is 1910. The number of esters is 2. The Morgan fingerprint density at radius 2 is 0.688 bits per heavy atom. The summed E-state index contributed by atoms with van der Waals surface area (Å²) in [6.07, 6.45) is 94.2. The molecule has 0 amide bonds. The van der Waals surface area contributed by atoms with Crippen molar-refractivity contribution >= 4 is 19.8 Å². The molecule has 0 aromatic carbocycles. The van der Waals surface area contributed by atoms with E-state index in [4.69, 9.17) is 24.3 Å². The Morgan fingerprint density at radius 3 is 1.02 bits per heavy atom. The van der Waals surface area contributed by atoms with Gasteiger partial charge >= 0.3 is 19.8 Å². The van der Waals surface area contributed by atoms with E-state index in [1.54, 1.807) is 0 Å². The second-order valence-corrected chi connectivity index (χ2v) is 21.3. The molecule has 0 aromatic rings. The molecule has 10 heteroatoms. The van der Waals surface area contributed by atoms with E-state index in [-0.39, 0.29) is 32.6 Å². The van der Waals surface area contributed by atoms with Gasteiger partial charge in [-0.25, -0.2) is 4.57 Å². The van der Waals surface area contributed by atoms with Crippen LogP contribution in [0.2, 0.25) is 0 Å². The maximum Gasteiger partial charge on any atom is 0.472 e. The Morgan fingerprint density at radius 1 is 0.388 bits per heavy atom. The van der Waals surface area contributed by atoms with Crippen LogP contribution < -0.4 is 5.73 Å². The van der Waals surface area contributed by atoms with Crippen LogP contribution in [0.25, 0.3) is 0 Å². The molecule has 0 saturated heterocycles. The van der Waals surface area contributed by atoms with Crippen molar-refractivity contribution in [1.82, 2.24) is 0 Å². The van der Waals surface area contributed by atoms with Gasteiger partial charge in [0.25, 0.3) is 0 Å². The lowest BCUT2D eigenvalue weighted by Crippen LogP contribution is -2.29. The van der Waals surface area contributed by atoms with E-state index in [2.05, 4.69) is 184 Å². The predicted octanol–water partition coefficient (Wildman–Crippen LogP) is 20.2. The van der Waals surface area contributed by atoms with Gasteiger partial charge in [-0.15, -0.1) is 0 Å². The lowest BCUT2D eigenvalue weighted by molar-refractivity contribution is -0.161. The van der Waals surface area contributed by atoms with E-state index < -0.39 is 32.5 Å². The average molecular weight is 1130 g/mol. The highest BCUT2D eigenvalue weighted by atomic mass is 31.2. The SMILES string of the molecule is CC/C=C\C/C=C\C/C=C\C/C=C\C/C=C\C/C=C\C/C=C\C/C=C\C/C=C\C/C=C\C/C=C\C/C=C\CCCCCCC(=O)OC(COC(=O)CCCCCCCCC/C=C\C/C=C\CCCCCC)COP(=O)(O)OCCN. The highest BCUT2D eigenvalue weighted by Crippen LogP contribution is 2.43. The fourth-order valence-electron chi connectivity index (χ4n) is 7.76. The van der Waals surface area contributed by atoms with Crippen LogP contribution in [0.1, 0.15) is 226 Å². The summed E-state index contributed by atoms with van der Waals surface area (Å²) < 4.78 is 33.0. The van der Waals surface area contributed by atoms with Gasteiger partial charge in [-0.1, -0.05) is 248 Å². The molecule has 0 aliphatic carbocycles. The third-order valence-corrected chi connectivity index (χ3v) is 13.3. The second kappa shape index (κ2) is 63.6. The van der Waals surface area contributed by atoms with Crippen LogP contribution in [0.15, 0.2) is 170 Å². The van der Waals surface area contributed by atoms with Gasteiger partial charge in [-0.2, -0.15) is 0 Å². The minimum Gasteiger partial charge on any atom is -0.462 e. The monoisotopic (exact) mass is 1130 g/mol. The zero-order valence-electron chi connectivity index (χ0n) is 50.2. The van der Waals surface area contributed by atoms with Crippen LogP contribution in [-0.2, 0) is 32.7 Å². The van der Waals surface area contributed by atoms with E-state index in [1.807, 2.05) is 0 Å². The van der Waals surface area contributed by atoms with Gasteiger partial charge in [-0.3, -0.25) is 18.6 Å². The van der Waals surface area contributed by atoms with Gasteiger partial charge in [0.1, 0.15) is 6.61 Å². The van der Waals surface area contributed by atoms with Crippen LogP contribution in [0.3, 0.4) is 0 Å². The van der Waals surface area contributed by atoms with E-state index in [0.29, 0.717) is 12.8 Å². The molecule has 2 unspecified atom stereocenters. The van der Waals surface area contributed by atoms with Crippen LogP contribution in [0, 0.1) is 0 Å². The summed E-state index contributed by atoms with van der Waals surface area (Å²) in [5, 5.41) is 0. The molecule has 2 atom stereocenters. The van der Waals surface area contributed by atoms with Crippen molar-refractivity contribution in [2.75, 3.05) is 26.4 Å². The number of carbonyl (C=O) groups is 2. The molecule has 80 heavy (non-hydrogen) atoms. The quantitative estimate of drug-likeness (QED) is 0.0264. The minimum atomic E-state index is -4.41. The lowest BCUT2D eigenvalue weighted by Gasteiger charge is -2.19. The summed E-state index contributed by atoms with van der Waals surface area (Å²) in [6.45, 7) is 3.55. The highest BCUT2D eigenvalue weighted by Gasteiger charge is 2.26. The number of carbonyl (C=O) groups excluding carboxylic acids is 2. The molecule has 0 bridgehead atoms. The van der Waals surface area contributed by atoms with E-state index >= 15 is 0 Å². The molecule has 0 aliphatic rings. The van der Waals surface area contributed by atoms with Crippen molar-refractivity contribution in [2.24, 2.45) is 5.73 Å². The third-order valence-electron chi connectivity index (χ3n) is 12.3. The molecule has 0 rings (SSSR count). The van der Waals surface area contributed by atoms with E-state index in [1.165, 1.54) is 51.4 Å². The smallest absolute Gasteiger partial charge is 0.462 e. The van der Waals surface area contributed by atoms with Gasteiger partial charge in [0.2, 0.25) is 0 Å². The average Bonchev–Trinajstić information content (AvgIpc) is 3.45. The van der Waals surface area contributed by atoms with Gasteiger partial charge in [0.15, 0.2) is 6.10 Å². The molecule has 0 fully saturated rings. The minimum absolute atomic E-state index is 0.0389. The molecule has 0 radical (unpaired) electrons. The number of nitrogens with two attached hydrogens (primary N) is 1. The van der Waals surface area contributed by atoms with Crippen molar-refractivity contribution in [3.63, 3.8) is 0 Å². The number of hydrogen-bond acceptors (Lipinski definition) is 8. The standard InChI is InChI=1S/C70H112NO8P/c1-3-5-7-9-11-13-15-17-19-21-23-24-25-26-27-28-29-30-31-32-33-34-35-36-37-38-39-40-41-42-43-44-45-47-49-51-53-55-57-59-61-63-70(73)79-68(67-78-80(74,75)77-65-64-71)66-76-69(72)62-60-58-56-54-52-50-48-46-22-20-18-16-14-12-10-8-6-4-2/h5,7,11,13-14,16-17,19-20,22-24,26-27,29-30,32-33,35-36,38-39,41-42,44-45,49,51,68H,3-4,6,8-10,12,15,18,21,25,28,31,34,37,40,43,46-48,50,52-67,71H2,1-2H3,(H,74,75)/b7-5-,13-11-,16-14-,19-17-,22-20-,24-23-,27-26-,30-29-,33-32-,36-35-,39-38-,42-41-,45-44-,51-49-. The van der Waals surface area contributed by atoms with Crippen molar-refractivity contribution in [3.8, 4) is 0 Å². The summed E-state index contributed by atoms with van der Waals surface area (Å²) in [6, 6.07) is 0. The molecule has 0 spiro atoms. The third kappa shape index (κ3) is 62.6. The first-order chi connectivity index (χ1) is 39.3. The van der Waals surface area contributed by atoms with Crippen molar-refractivity contribution in [2.45, 2.75) is 232 Å². The number of hydrogen-bond donors (Lipinski definition) is 2. The molecular formula is C70H112NO8P. The number of phosphoric ester groups is 1. The molecular weight excluding hydrogens is 1010 g/mol. The van der Waals surface area contributed by atoms with Crippen LogP contribution in [-0.4, -0.2) is 49.3 Å². The highest BCUT2D eigenvalue weighted by molar-refractivity contribution is 7.47. The zero-order chi connectivity index (χ0) is 58.0. The molecule has 3 N–H and O–H groups in total. The summed E-state index contributed by atoms with van der Waals surface area (Å²) in [5.74, 6) is -0.878. The number of allylic oxidation sites excluding steroid dienone is 28. The van der Waals surface area contributed by atoms with Gasteiger partial charge in [-0.05, 0) is 135 Å². The Labute approximate surface area is 489 Å². The van der Waals surface area contributed by atoms with Gasteiger partial charge in [0.05, 0.1) is 13.2 Å². The molecule has 0 aliphatic heterocycles. The van der Waals surface area contributed by atoms with Crippen LogP contribution in [0.4, 0.5) is 0 Å². The first-order valence-electron chi connectivity index (χ1n) is 31.1. The first kappa shape index (κ1) is 75.4. The molecule has 0 saturated carbocycles. The van der Waals surface area contributed by atoms with Crippen molar-refractivity contribution in [3.05, 3.63) is 170 Å². The first-order valence-corrected chi connectivity index (χ1v) is 32.6. The fraction of sp³-hybridized carbons (Fsp3) is 0.571. The molecule has 0 aromatic heterocycles. The van der Waals surface area contributed by atoms with Crippen molar-refractivity contribution in [1.29, 1.82) is 0 Å².